The minimum atomic E-state index is 0.0667. The summed E-state index contributed by atoms with van der Waals surface area (Å²) in [6.45, 7) is 2.69. The number of benzene rings is 1. The maximum absolute atomic E-state index is 13.1. The van der Waals surface area contributed by atoms with E-state index < -0.39 is 0 Å². The number of amides is 1. The molecule has 156 valence electrons. The molecule has 7 heteroatoms. The van der Waals surface area contributed by atoms with Gasteiger partial charge in [-0.15, -0.1) is 11.3 Å². The number of hydrogen-bond acceptors (Lipinski definition) is 5. The second-order valence-electron chi connectivity index (χ2n) is 8.20. The maximum Gasteiger partial charge on any atom is 0.263 e. The zero-order valence-electron chi connectivity index (χ0n) is 17.3. The Morgan fingerprint density at radius 1 is 1.07 bits per heavy atom. The molecule has 1 aliphatic heterocycles. The first-order valence-electron chi connectivity index (χ1n) is 10.7. The molecular weight excluding hydrogens is 396 g/mol. The molecule has 0 spiro atoms. The van der Waals surface area contributed by atoms with Gasteiger partial charge in [0.15, 0.2) is 0 Å². The van der Waals surface area contributed by atoms with E-state index in [-0.39, 0.29) is 11.5 Å². The van der Waals surface area contributed by atoms with Gasteiger partial charge >= 0.3 is 0 Å². The highest BCUT2D eigenvalue weighted by molar-refractivity contribution is 7.18. The van der Waals surface area contributed by atoms with Crippen LogP contribution < -0.4 is 10.5 Å². The van der Waals surface area contributed by atoms with Crippen LogP contribution in [0.25, 0.3) is 10.2 Å². The van der Waals surface area contributed by atoms with E-state index in [9.17, 15) is 9.59 Å². The topological polar surface area (TPSA) is 58.4 Å². The molecular formula is C23H26N4O2S. The van der Waals surface area contributed by atoms with E-state index in [0.29, 0.717) is 32.6 Å². The summed E-state index contributed by atoms with van der Waals surface area (Å²) >= 11 is 1.69. The van der Waals surface area contributed by atoms with Gasteiger partial charge in [-0.05, 0) is 36.8 Å². The Hall–Kier alpha value is -2.67. The van der Waals surface area contributed by atoms with Crippen molar-refractivity contribution in [2.24, 2.45) is 7.05 Å². The molecule has 1 fully saturated rings. The van der Waals surface area contributed by atoms with Crippen LogP contribution in [0.3, 0.4) is 0 Å². The van der Waals surface area contributed by atoms with Gasteiger partial charge in [-0.3, -0.25) is 14.2 Å². The van der Waals surface area contributed by atoms with Gasteiger partial charge in [-0.1, -0.05) is 30.3 Å². The van der Waals surface area contributed by atoms with E-state index in [1.807, 2.05) is 42.3 Å². The molecule has 1 amide bonds. The largest absolute Gasteiger partial charge is 0.339 e. The third kappa shape index (κ3) is 3.41. The first-order valence-corrected chi connectivity index (χ1v) is 11.5. The molecule has 1 saturated heterocycles. The van der Waals surface area contributed by atoms with E-state index >= 15 is 0 Å². The number of nitrogens with zero attached hydrogens (tertiary/aromatic N) is 4. The molecule has 30 heavy (non-hydrogen) atoms. The minimum Gasteiger partial charge on any atom is -0.339 e. The van der Waals surface area contributed by atoms with Crippen LogP contribution in [0.2, 0.25) is 0 Å². The van der Waals surface area contributed by atoms with Gasteiger partial charge in [0.25, 0.3) is 5.56 Å². The van der Waals surface area contributed by atoms with Crippen LogP contribution >= 0.6 is 11.3 Å². The average Bonchev–Trinajstić information content (AvgIpc) is 3.15. The molecule has 1 aliphatic carbocycles. The second-order valence-corrected chi connectivity index (χ2v) is 9.28. The van der Waals surface area contributed by atoms with Crippen molar-refractivity contribution in [2.45, 2.75) is 32.1 Å². The Morgan fingerprint density at radius 3 is 2.57 bits per heavy atom. The number of piperazine rings is 1. The molecule has 3 aromatic rings. The molecule has 3 heterocycles. The van der Waals surface area contributed by atoms with Crippen molar-refractivity contribution in [3.8, 4) is 0 Å². The quantitative estimate of drug-likeness (QED) is 0.651. The van der Waals surface area contributed by atoms with Crippen LogP contribution in [0.5, 0.6) is 0 Å². The monoisotopic (exact) mass is 422 g/mol. The predicted octanol–water partition coefficient (Wildman–Crippen LogP) is 2.77. The number of aryl methyl sites for hydroxylation is 2. The highest BCUT2D eigenvalue weighted by atomic mass is 32.1. The molecule has 6 nitrogen and oxygen atoms in total. The summed E-state index contributed by atoms with van der Waals surface area (Å²) in [6.07, 6.45) is 4.85. The van der Waals surface area contributed by atoms with Crippen molar-refractivity contribution in [3.05, 3.63) is 56.7 Å². The first-order chi connectivity index (χ1) is 14.6. The Bertz CT molecular complexity index is 1140. The number of carbonyl (C=O) groups excluding carboxylic acids is 1. The number of carbonyl (C=O) groups is 1. The number of aromatic nitrogens is 2. The Labute approximate surface area is 179 Å². The molecule has 0 N–H and O–H groups in total. The highest BCUT2D eigenvalue weighted by Gasteiger charge is 2.26. The van der Waals surface area contributed by atoms with Crippen LogP contribution in [-0.4, -0.2) is 46.5 Å². The summed E-state index contributed by atoms with van der Waals surface area (Å²) in [5.74, 6) is 0.880. The van der Waals surface area contributed by atoms with Gasteiger partial charge in [0, 0.05) is 38.1 Å². The predicted molar refractivity (Wildman–Crippen MR) is 120 cm³/mol. The molecule has 0 bridgehead atoms. The molecule has 2 aromatic heterocycles. The third-order valence-electron chi connectivity index (χ3n) is 6.29. The summed E-state index contributed by atoms with van der Waals surface area (Å²) in [4.78, 5) is 37.0. The fourth-order valence-electron chi connectivity index (χ4n) is 4.60. The van der Waals surface area contributed by atoms with Crippen molar-refractivity contribution in [2.75, 3.05) is 31.1 Å². The smallest absolute Gasteiger partial charge is 0.263 e. The Kier molecular flexibility index (Phi) is 5.06. The number of rotatable bonds is 3. The van der Waals surface area contributed by atoms with Crippen LogP contribution in [0, 0.1) is 0 Å². The summed E-state index contributed by atoms with van der Waals surface area (Å²) in [7, 11) is 1.82. The summed E-state index contributed by atoms with van der Waals surface area (Å²) in [5, 5.41) is 0.831. The van der Waals surface area contributed by atoms with Crippen molar-refractivity contribution in [3.63, 3.8) is 0 Å². The summed E-state index contributed by atoms with van der Waals surface area (Å²) in [5.41, 5.74) is 2.34. The van der Waals surface area contributed by atoms with Gasteiger partial charge in [-0.25, -0.2) is 4.98 Å². The van der Waals surface area contributed by atoms with E-state index in [1.54, 1.807) is 15.9 Å². The summed E-state index contributed by atoms with van der Waals surface area (Å²) in [6, 6.07) is 9.87. The number of fused-ring (bicyclic) bond motifs is 3. The van der Waals surface area contributed by atoms with Gasteiger partial charge < -0.3 is 9.80 Å². The zero-order valence-corrected chi connectivity index (χ0v) is 18.1. The minimum absolute atomic E-state index is 0.0667. The van der Waals surface area contributed by atoms with E-state index in [1.165, 1.54) is 16.9 Å². The first kappa shape index (κ1) is 19.3. The molecule has 0 unspecified atom stereocenters. The molecule has 1 aromatic carbocycles. The van der Waals surface area contributed by atoms with Gasteiger partial charge in [0.05, 0.1) is 11.8 Å². The Balaban J connectivity index is 1.34. The lowest BCUT2D eigenvalue weighted by atomic mass is 9.97. The number of thiophene rings is 1. The van der Waals surface area contributed by atoms with Gasteiger partial charge in [0.1, 0.15) is 4.83 Å². The van der Waals surface area contributed by atoms with Crippen molar-refractivity contribution >= 4 is 33.4 Å². The van der Waals surface area contributed by atoms with Gasteiger partial charge in [0.2, 0.25) is 11.9 Å². The fourth-order valence-corrected chi connectivity index (χ4v) is 5.84. The molecule has 0 atom stereocenters. The SMILES string of the molecule is Cn1c(N2CCN(C(=O)Cc3ccccc3)CC2)nc2sc3c(c2c1=O)CCCC3. The van der Waals surface area contributed by atoms with Crippen molar-refractivity contribution < 1.29 is 4.79 Å². The maximum atomic E-state index is 13.1. The molecule has 5 rings (SSSR count). The Morgan fingerprint density at radius 2 is 1.80 bits per heavy atom. The van der Waals surface area contributed by atoms with Gasteiger partial charge in [-0.2, -0.15) is 0 Å². The molecule has 2 aliphatic rings. The van der Waals surface area contributed by atoms with Crippen molar-refractivity contribution in [1.82, 2.24) is 14.5 Å². The summed E-state index contributed by atoms with van der Waals surface area (Å²) < 4.78 is 1.70. The lowest BCUT2D eigenvalue weighted by Gasteiger charge is -2.35. The van der Waals surface area contributed by atoms with Crippen molar-refractivity contribution in [1.29, 1.82) is 0 Å². The molecule has 0 radical (unpaired) electrons. The number of hydrogen-bond donors (Lipinski definition) is 0. The van der Waals surface area contributed by atoms with Crippen LogP contribution in [-0.2, 0) is 31.1 Å². The van der Waals surface area contributed by atoms with E-state index in [0.717, 1.165) is 41.0 Å². The standard InChI is InChI=1S/C23H26N4O2S/c1-25-22(29)20-17-9-5-6-10-18(17)30-21(20)24-23(25)27-13-11-26(12-14-27)19(28)15-16-7-3-2-4-8-16/h2-4,7-8H,5-6,9-15H2,1H3. The zero-order chi connectivity index (χ0) is 20.7. The molecule has 0 saturated carbocycles. The lowest BCUT2D eigenvalue weighted by molar-refractivity contribution is -0.130. The van der Waals surface area contributed by atoms with E-state index in [2.05, 4.69) is 4.90 Å². The van der Waals surface area contributed by atoms with E-state index in [4.69, 9.17) is 4.98 Å². The van der Waals surface area contributed by atoms with Crippen LogP contribution in [0.15, 0.2) is 35.1 Å². The normalized spacial score (nSPS) is 16.7. The lowest BCUT2D eigenvalue weighted by Crippen LogP contribution is -2.50. The third-order valence-corrected chi connectivity index (χ3v) is 7.47. The average molecular weight is 423 g/mol. The van der Waals surface area contributed by atoms with Crippen LogP contribution in [0.4, 0.5) is 5.95 Å². The second kappa shape index (κ2) is 7.87. The fraction of sp³-hybridized carbons (Fsp3) is 0.435. The number of anilines is 1. The highest BCUT2D eigenvalue weighted by Crippen LogP contribution is 2.34. The van der Waals surface area contributed by atoms with Crippen LogP contribution in [0.1, 0.15) is 28.8 Å².